The Morgan fingerprint density at radius 2 is 2.07 bits per heavy atom. The molecule has 4 atom stereocenters. The maximum absolute atomic E-state index is 10.1. The van der Waals surface area contributed by atoms with Crippen molar-refractivity contribution in [3.63, 3.8) is 0 Å². The van der Waals surface area contributed by atoms with Gasteiger partial charge in [-0.3, -0.25) is 4.68 Å². The van der Waals surface area contributed by atoms with Crippen LogP contribution in [0.15, 0.2) is 30.9 Å². The van der Waals surface area contributed by atoms with Crippen LogP contribution < -0.4 is 5.32 Å². The number of allylic oxidation sites excluding steroid dienone is 2. The summed E-state index contributed by atoms with van der Waals surface area (Å²) in [4.78, 5) is 13.3. The molecule has 3 aromatic rings. The highest BCUT2D eigenvalue weighted by Gasteiger charge is 2.28. The van der Waals surface area contributed by atoms with E-state index in [9.17, 15) is 10.2 Å². The Morgan fingerprint density at radius 1 is 1.21 bits per heavy atom. The minimum absolute atomic E-state index is 0.0209. The van der Waals surface area contributed by atoms with Gasteiger partial charge in [-0.25, -0.2) is 4.98 Å². The van der Waals surface area contributed by atoms with Gasteiger partial charge in [-0.2, -0.15) is 15.1 Å². The minimum atomic E-state index is -0.391. The summed E-state index contributed by atoms with van der Waals surface area (Å²) in [7, 11) is 0. The van der Waals surface area contributed by atoms with Crippen LogP contribution in [-0.2, 0) is 6.61 Å². The van der Waals surface area contributed by atoms with Crippen molar-refractivity contribution in [2.45, 2.75) is 56.5 Å². The lowest BCUT2D eigenvalue weighted by molar-refractivity contribution is 0.171. The molecule has 0 spiro atoms. The number of aromatic nitrogens is 6. The van der Waals surface area contributed by atoms with E-state index in [1.165, 1.54) is 0 Å². The van der Waals surface area contributed by atoms with E-state index in [0.29, 0.717) is 17.0 Å². The Balaban J connectivity index is 1.42. The first kappa shape index (κ1) is 18.5. The third-order valence-corrected chi connectivity index (χ3v) is 5.94. The third kappa shape index (κ3) is 3.39. The molecule has 2 aliphatic rings. The molecule has 3 aromatic heterocycles. The van der Waals surface area contributed by atoms with Gasteiger partial charge >= 0.3 is 0 Å². The molecule has 1 fully saturated rings. The van der Waals surface area contributed by atoms with Crippen LogP contribution in [0.3, 0.4) is 0 Å². The Bertz CT molecular complexity index is 1060. The van der Waals surface area contributed by atoms with E-state index in [4.69, 9.17) is 11.6 Å². The van der Waals surface area contributed by atoms with E-state index in [1.807, 2.05) is 15.4 Å². The fourth-order valence-corrected chi connectivity index (χ4v) is 4.39. The molecule has 0 amide bonds. The zero-order chi connectivity index (χ0) is 20.0. The van der Waals surface area contributed by atoms with Crippen molar-refractivity contribution in [2.24, 2.45) is 0 Å². The summed E-state index contributed by atoms with van der Waals surface area (Å²) in [5, 5.41) is 27.2. The number of nitrogens with one attached hydrogen (secondary N) is 1. The van der Waals surface area contributed by atoms with Crippen LogP contribution in [0, 0.1) is 0 Å². The highest BCUT2D eigenvalue weighted by atomic mass is 35.5. The van der Waals surface area contributed by atoms with Crippen molar-refractivity contribution < 1.29 is 10.2 Å². The number of imidazole rings is 1. The molecule has 3 heterocycles. The van der Waals surface area contributed by atoms with Gasteiger partial charge in [0.05, 0.1) is 43.4 Å². The molecule has 2 aliphatic carbocycles. The summed E-state index contributed by atoms with van der Waals surface area (Å²) < 4.78 is 3.85. The number of hydrogen-bond acceptors (Lipinski definition) is 7. The molecule has 5 rings (SSSR count). The summed E-state index contributed by atoms with van der Waals surface area (Å²) in [5.41, 5.74) is 2.10. The van der Waals surface area contributed by atoms with E-state index < -0.39 is 6.10 Å². The SMILES string of the molecule is OCc1cnn([C@@H]2C=C[C@H](n3cnc4c(N[C@H]5CCC[C@@H]5O)nc(Cl)nc43)C2)c1. The molecule has 0 saturated heterocycles. The molecule has 10 heteroatoms. The van der Waals surface area contributed by atoms with E-state index >= 15 is 0 Å². The number of aliphatic hydroxyl groups is 2. The van der Waals surface area contributed by atoms with E-state index in [2.05, 4.69) is 37.5 Å². The van der Waals surface area contributed by atoms with Crippen LogP contribution in [0.5, 0.6) is 0 Å². The van der Waals surface area contributed by atoms with Crippen LogP contribution in [0.2, 0.25) is 5.28 Å². The molecule has 0 radical (unpaired) electrons. The first-order chi connectivity index (χ1) is 14.1. The molecule has 0 aromatic carbocycles. The average Bonchev–Trinajstić information content (AvgIpc) is 3.48. The van der Waals surface area contributed by atoms with E-state index in [-0.39, 0.29) is 30.0 Å². The molecule has 0 aliphatic heterocycles. The normalized spacial score (nSPS) is 26.6. The fourth-order valence-electron chi connectivity index (χ4n) is 4.22. The number of fused-ring (bicyclic) bond motifs is 1. The highest BCUT2D eigenvalue weighted by molar-refractivity contribution is 6.28. The molecule has 152 valence electrons. The Morgan fingerprint density at radius 3 is 2.83 bits per heavy atom. The molecular formula is C19H22ClN7O2. The minimum Gasteiger partial charge on any atom is -0.392 e. The molecule has 1 saturated carbocycles. The molecule has 9 nitrogen and oxygen atoms in total. The fraction of sp³-hybridized carbons (Fsp3) is 0.474. The van der Waals surface area contributed by atoms with E-state index in [0.717, 1.165) is 31.2 Å². The molecule has 0 unspecified atom stereocenters. The summed E-state index contributed by atoms with van der Waals surface area (Å²) in [6.45, 7) is -0.0209. The first-order valence-corrected chi connectivity index (χ1v) is 10.2. The second kappa shape index (κ2) is 7.40. The molecule has 3 N–H and O–H groups in total. The van der Waals surface area contributed by atoms with E-state index in [1.54, 1.807) is 12.5 Å². The van der Waals surface area contributed by atoms with Gasteiger partial charge in [0.25, 0.3) is 0 Å². The smallest absolute Gasteiger partial charge is 0.226 e. The lowest BCUT2D eigenvalue weighted by atomic mass is 10.2. The maximum Gasteiger partial charge on any atom is 0.226 e. The summed E-state index contributed by atoms with van der Waals surface area (Å²) in [6.07, 6.45) is 12.6. The number of nitrogens with zero attached hydrogens (tertiary/aromatic N) is 6. The molecular weight excluding hydrogens is 394 g/mol. The van der Waals surface area contributed by atoms with Gasteiger partial charge in [-0.1, -0.05) is 12.2 Å². The predicted octanol–water partition coefficient (Wildman–Crippen LogP) is 2.24. The first-order valence-electron chi connectivity index (χ1n) is 9.79. The Labute approximate surface area is 172 Å². The predicted molar refractivity (Wildman–Crippen MR) is 108 cm³/mol. The molecule has 0 bridgehead atoms. The van der Waals surface area contributed by atoms with Gasteiger partial charge in [-0.05, 0) is 37.3 Å². The summed E-state index contributed by atoms with van der Waals surface area (Å²) in [6, 6.07) is 0.106. The van der Waals surface area contributed by atoms with Gasteiger partial charge in [-0.15, -0.1) is 0 Å². The Hall–Kier alpha value is -2.49. The number of anilines is 1. The third-order valence-electron chi connectivity index (χ3n) is 5.77. The van der Waals surface area contributed by atoms with Crippen LogP contribution in [0.1, 0.15) is 43.3 Å². The van der Waals surface area contributed by atoms with Crippen LogP contribution in [0.25, 0.3) is 11.2 Å². The van der Waals surface area contributed by atoms with Crippen molar-refractivity contribution in [1.29, 1.82) is 0 Å². The zero-order valence-corrected chi connectivity index (χ0v) is 16.4. The van der Waals surface area contributed by atoms with Gasteiger partial charge in [0.1, 0.15) is 0 Å². The van der Waals surface area contributed by atoms with Crippen molar-refractivity contribution in [3.8, 4) is 0 Å². The van der Waals surface area contributed by atoms with Gasteiger partial charge in [0.15, 0.2) is 17.0 Å². The Kier molecular flexibility index (Phi) is 4.73. The second-order valence-corrected chi connectivity index (χ2v) is 7.99. The topological polar surface area (TPSA) is 114 Å². The highest BCUT2D eigenvalue weighted by Crippen LogP contribution is 2.34. The van der Waals surface area contributed by atoms with Gasteiger partial charge < -0.3 is 20.1 Å². The zero-order valence-electron chi connectivity index (χ0n) is 15.7. The molecule has 29 heavy (non-hydrogen) atoms. The number of aliphatic hydroxyl groups excluding tert-OH is 2. The van der Waals surface area contributed by atoms with Crippen molar-refractivity contribution in [1.82, 2.24) is 29.3 Å². The lowest BCUT2D eigenvalue weighted by Crippen LogP contribution is -2.28. The number of halogens is 1. The van der Waals surface area contributed by atoms with Crippen LogP contribution >= 0.6 is 11.6 Å². The largest absolute Gasteiger partial charge is 0.392 e. The van der Waals surface area contributed by atoms with Gasteiger partial charge in [0.2, 0.25) is 5.28 Å². The monoisotopic (exact) mass is 415 g/mol. The van der Waals surface area contributed by atoms with Crippen molar-refractivity contribution >= 4 is 28.6 Å². The maximum atomic E-state index is 10.1. The standard InChI is InChI=1S/C19H22ClN7O2/c20-19-24-17(23-14-2-1-3-15(14)29)16-18(25-19)26(10-21-16)12-4-5-13(6-12)27-8-11(9-28)7-22-27/h4-5,7-8,10,12-15,28-29H,1-3,6,9H2,(H,23,24,25)/t12-,13+,14-,15-/m0/s1. The quantitative estimate of drug-likeness (QED) is 0.432. The summed E-state index contributed by atoms with van der Waals surface area (Å²) in [5.74, 6) is 0.558. The lowest BCUT2D eigenvalue weighted by Gasteiger charge is -2.18. The van der Waals surface area contributed by atoms with Gasteiger partial charge in [0, 0.05) is 11.8 Å². The second-order valence-electron chi connectivity index (χ2n) is 7.66. The number of rotatable bonds is 5. The van der Waals surface area contributed by atoms with Crippen LogP contribution in [-0.4, -0.2) is 51.7 Å². The number of hydrogen-bond donors (Lipinski definition) is 3. The average molecular weight is 416 g/mol. The van der Waals surface area contributed by atoms with Crippen molar-refractivity contribution in [2.75, 3.05) is 5.32 Å². The summed E-state index contributed by atoms with van der Waals surface area (Å²) >= 11 is 6.20. The van der Waals surface area contributed by atoms with Crippen molar-refractivity contribution in [3.05, 3.63) is 41.7 Å². The van der Waals surface area contributed by atoms with Crippen LogP contribution in [0.4, 0.5) is 5.82 Å².